The summed E-state index contributed by atoms with van der Waals surface area (Å²) in [5.41, 5.74) is 1.72. The number of aliphatic carboxylic acids is 1. The highest BCUT2D eigenvalue weighted by atomic mass is 32.2. The van der Waals surface area contributed by atoms with Crippen molar-refractivity contribution in [3.63, 3.8) is 0 Å². The second kappa shape index (κ2) is 7.88. The number of nitrogens with zero attached hydrogens (tertiary/aromatic N) is 1. The lowest BCUT2D eigenvalue weighted by Gasteiger charge is -2.14. The number of hydrogen-bond acceptors (Lipinski definition) is 4. The molecule has 6 nitrogen and oxygen atoms in total. The number of carboxylic acids is 1. The van der Waals surface area contributed by atoms with E-state index < -0.39 is 38.6 Å². The molecule has 0 aliphatic carbocycles. The minimum atomic E-state index is -5.10. The highest BCUT2D eigenvalue weighted by Gasteiger charge is 2.33. The normalized spacial score (nSPS) is 12.3. The second-order valence-corrected chi connectivity index (χ2v) is 8.97. The fourth-order valence-corrected chi connectivity index (χ4v) is 4.24. The number of aromatic nitrogens is 1. The van der Waals surface area contributed by atoms with Crippen LogP contribution in [0.25, 0.3) is 10.9 Å². The smallest absolute Gasteiger partial charge is 0.480 e. The molecule has 1 aromatic heterocycles. The lowest BCUT2D eigenvalue weighted by Crippen LogP contribution is -2.19. The van der Waals surface area contributed by atoms with Gasteiger partial charge in [0, 0.05) is 22.9 Å². The van der Waals surface area contributed by atoms with Crippen LogP contribution in [-0.2, 0) is 27.6 Å². The number of ether oxygens (including phenoxy) is 1. The molecule has 2 aromatic carbocycles. The van der Waals surface area contributed by atoms with Crippen LogP contribution in [0.2, 0.25) is 0 Å². The molecule has 0 amide bonds. The Balaban J connectivity index is 2.14. The van der Waals surface area contributed by atoms with Crippen molar-refractivity contribution in [3.8, 4) is 5.75 Å². The Morgan fingerprint density at radius 2 is 1.84 bits per heavy atom. The van der Waals surface area contributed by atoms with E-state index in [1.807, 2.05) is 0 Å². The summed E-state index contributed by atoms with van der Waals surface area (Å²) in [6.07, 6.45) is -4.34. The average Bonchev–Trinajstić information content (AvgIpc) is 2.84. The number of rotatable bonds is 6. The minimum absolute atomic E-state index is 0.00331. The van der Waals surface area contributed by atoms with Crippen LogP contribution in [-0.4, -0.2) is 36.7 Å². The Bertz CT molecular complexity index is 1280. The van der Waals surface area contributed by atoms with Crippen LogP contribution >= 0.6 is 0 Å². The molecule has 3 rings (SSSR count). The Labute approximate surface area is 174 Å². The second-order valence-electron chi connectivity index (χ2n) is 6.98. The van der Waals surface area contributed by atoms with E-state index in [9.17, 15) is 35.9 Å². The van der Waals surface area contributed by atoms with Crippen molar-refractivity contribution in [2.45, 2.75) is 31.1 Å². The van der Waals surface area contributed by atoms with Crippen molar-refractivity contribution in [1.29, 1.82) is 0 Å². The first-order valence-corrected chi connectivity index (χ1v) is 10.7. The molecule has 0 aliphatic rings. The third kappa shape index (κ3) is 4.98. The van der Waals surface area contributed by atoms with Gasteiger partial charge in [-0.2, -0.15) is 0 Å². The third-order valence-corrected chi connectivity index (χ3v) is 5.86. The standard InChI is InChI=1S/C20H17F4NO5S/c1-11-14(15-9-13(21)4-5-16(15)25(11)10-19(26)27)7-12-3-6-18(31(2,28)29)17(8-12)30-20(22,23)24/h3-6,8-9H,7,10H2,1-2H3,(H,26,27). The molecule has 0 radical (unpaired) electrons. The first kappa shape index (κ1) is 22.6. The molecule has 0 atom stereocenters. The van der Waals surface area contributed by atoms with Gasteiger partial charge in [0.1, 0.15) is 23.0 Å². The molecule has 0 saturated carbocycles. The van der Waals surface area contributed by atoms with Crippen molar-refractivity contribution in [3.05, 3.63) is 59.0 Å². The van der Waals surface area contributed by atoms with Crippen molar-refractivity contribution in [1.82, 2.24) is 4.57 Å². The zero-order valence-electron chi connectivity index (χ0n) is 16.3. The number of carboxylic acid groups (broad SMARTS) is 1. The van der Waals surface area contributed by atoms with Crippen LogP contribution < -0.4 is 4.74 Å². The molecule has 0 saturated heterocycles. The van der Waals surface area contributed by atoms with Crippen LogP contribution in [0.3, 0.4) is 0 Å². The van der Waals surface area contributed by atoms with Gasteiger partial charge < -0.3 is 14.4 Å². The van der Waals surface area contributed by atoms with E-state index in [1.165, 1.54) is 28.8 Å². The Kier molecular flexibility index (Phi) is 5.74. The highest BCUT2D eigenvalue weighted by Crippen LogP contribution is 2.33. The van der Waals surface area contributed by atoms with Crippen LogP contribution in [0.1, 0.15) is 16.8 Å². The molecule has 0 spiro atoms. The maximum absolute atomic E-state index is 13.9. The van der Waals surface area contributed by atoms with Crippen LogP contribution in [0, 0.1) is 12.7 Å². The molecule has 0 fully saturated rings. The number of carbonyl (C=O) groups is 1. The van der Waals surface area contributed by atoms with Crippen molar-refractivity contribution < 1.29 is 40.6 Å². The van der Waals surface area contributed by atoms with E-state index in [2.05, 4.69) is 4.74 Å². The molecule has 1 N–H and O–H groups in total. The molecule has 11 heteroatoms. The number of halogens is 4. The van der Waals surface area contributed by atoms with Crippen LogP contribution in [0.5, 0.6) is 5.75 Å². The van der Waals surface area contributed by atoms with Gasteiger partial charge in [-0.1, -0.05) is 6.07 Å². The summed E-state index contributed by atoms with van der Waals surface area (Å²) in [5, 5.41) is 9.59. The predicted molar refractivity (Wildman–Crippen MR) is 103 cm³/mol. The largest absolute Gasteiger partial charge is 0.573 e. The number of benzene rings is 2. The summed E-state index contributed by atoms with van der Waals surface area (Å²) >= 11 is 0. The van der Waals surface area contributed by atoms with Gasteiger partial charge in [0.25, 0.3) is 0 Å². The number of fused-ring (bicyclic) bond motifs is 1. The average molecular weight is 459 g/mol. The minimum Gasteiger partial charge on any atom is -0.480 e. The van der Waals surface area contributed by atoms with E-state index in [0.29, 0.717) is 22.2 Å². The molecular weight excluding hydrogens is 442 g/mol. The molecule has 0 unspecified atom stereocenters. The summed E-state index contributed by atoms with van der Waals surface area (Å²) in [4.78, 5) is 10.6. The van der Waals surface area contributed by atoms with Gasteiger partial charge in [-0.25, -0.2) is 12.8 Å². The maximum atomic E-state index is 13.9. The highest BCUT2D eigenvalue weighted by molar-refractivity contribution is 7.90. The molecule has 31 heavy (non-hydrogen) atoms. The number of sulfone groups is 1. The maximum Gasteiger partial charge on any atom is 0.573 e. The lowest BCUT2D eigenvalue weighted by molar-refractivity contribution is -0.275. The van der Waals surface area contributed by atoms with Gasteiger partial charge in [0.05, 0.1) is 0 Å². The first-order valence-electron chi connectivity index (χ1n) is 8.84. The van der Waals surface area contributed by atoms with Gasteiger partial charge in [-0.3, -0.25) is 4.79 Å². The summed E-state index contributed by atoms with van der Waals surface area (Å²) in [6.45, 7) is 1.23. The van der Waals surface area contributed by atoms with E-state index in [0.717, 1.165) is 18.4 Å². The quantitative estimate of drug-likeness (QED) is 0.562. The molecule has 0 bridgehead atoms. The van der Waals surface area contributed by atoms with Crippen LogP contribution in [0.4, 0.5) is 17.6 Å². The summed E-state index contributed by atoms with van der Waals surface area (Å²) < 4.78 is 81.3. The summed E-state index contributed by atoms with van der Waals surface area (Å²) in [7, 11) is -4.00. The fourth-order valence-electron chi connectivity index (χ4n) is 3.46. The van der Waals surface area contributed by atoms with Gasteiger partial charge in [-0.05, 0) is 54.8 Å². The van der Waals surface area contributed by atoms with Gasteiger partial charge in [0.2, 0.25) is 0 Å². The monoisotopic (exact) mass is 459 g/mol. The Hall–Kier alpha value is -3.08. The van der Waals surface area contributed by atoms with E-state index in [1.54, 1.807) is 6.92 Å². The van der Waals surface area contributed by atoms with E-state index in [-0.39, 0.29) is 18.5 Å². The van der Waals surface area contributed by atoms with E-state index >= 15 is 0 Å². The fraction of sp³-hybridized carbons (Fsp3) is 0.250. The Morgan fingerprint density at radius 1 is 1.16 bits per heavy atom. The number of alkyl halides is 3. The van der Waals surface area contributed by atoms with Crippen molar-refractivity contribution >= 4 is 26.7 Å². The predicted octanol–water partition coefficient (Wildman–Crippen LogP) is 4.07. The molecule has 1 heterocycles. The molecule has 166 valence electrons. The van der Waals surface area contributed by atoms with Crippen molar-refractivity contribution in [2.75, 3.05) is 6.26 Å². The molecule has 3 aromatic rings. The third-order valence-electron chi connectivity index (χ3n) is 4.72. The van der Waals surface area contributed by atoms with Gasteiger partial charge in [0.15, 0.2) is 9.84 Å². The molecule has 0 aliphatic heterocycles. The Morgan fingerprint density at radius 3 is 2.42 bits per heavy atom. The van der Waals surface area contributed by atoms with Crippen molar-refractivity contribution in [2.24, 2.45) is 0 Å². The number of hydrogen-bond donors (Lipinski definition) is 1. The van der Waals surface area contributed by atoms with Gasteiger partial charge >= 0.3 is 12.3 Å². The van der Waals surface area contributed by atoms with E-state index in [4.69, 9.17) is 0 Å². The zero-order valence-corrected chi connectivity index (χ0v) is 17.1. The SMILES string of the molecule is Cc1c(Cc2ccc(S(C)(=O)=O)c(OC(F)(F)F)c2)c2cc(F)ccc2n1CC(=O)O. The van der Waals surface area contributed by atoms with Crippen LogP contribution in [0.15, 0.2) is 41.3 Å². The summed E-state index contributed by atoms with van der Waals surface area (Å²) in [5.74, 6) is -2.55. The van der Waals surface area contributed by atoms with Gasteiger partial charge in [-0.15, -0.1) is 13.2 Å². The summed E-state index contributed by atoms with van der Waals surface area (Å²) in [6, 6.07) is 7.13. The zero-order chi connectivity index (χ0) is 23.1. The molecular formula is C20H17F4NO5S. The first-order chi connectivity index (χ1) is 14.3. The topological polar surface area (TPSA) is 85.6 Å². The lowest BCUT2D eigenvalue weighted by atomic mass is 10.0.